The van der Waals surface area contributed by atoms with Crippen molar-refractivity contribution in [2.75, 3.05) is 39.3 Å². The minimum Gasteiger partial charge on any atom is -0.301 e. The molecule has 3 nitrogen and oxygen atoms in total. The molecule has 0 aliphatic carbocycles. The molecule has 1 fully saturated rings. The quantitative estimate of drug-likeness (QED) is 0.729. The van der Waals surface area contributed by atoms with Gasteiger partial charge in [0.15, 0.2) is 5.78 Å². The fraction of sp³-hybridized carbons (Fsp3) is 0.421. The molecule has 0 amide bonds. The molecule has 1 aliphatic heterocycles. The standard InChI is InChI=1S/C19H24N2OS/c22-19(18-8-14-23-16-18)15-21-12-10-20(11-13-21)9-4-7-17-5-2-1-3-6-17/h1-3,5-6,8,14,16H,4,7,9-13,15H2. The lowest BCUT2D eigenvalue weighted by Crippen LogP contribution is -2.48. The molecule has 0 bridgehead atoms. The maximum Gasteiger partial charge on any atom is 0.177 e. The molecule has 0 unspecified atom stereocenters. The average molecular weight is 328 g/mol. The van der Waals surface area contributed by atoms with Crippen LogP contribution in [0.25, 0.3) is 0 Å². The zero-order chi connectivity index (χ0) is 15.9. The van der Waals surface area contributed by atoms with Crippen molar-refractivity contribution in [1.82, 2.24) is 9.80 Å². The van der Waals surface area contributed by atoms with Crippen molar-refractivity contribution in [3.63, 3.8) is 0 Å². The highest BCUT2D eigenvalue weighted by Gasteiger charge is 2.19. The number of Topliss-reactive ketones (excluding diaryl/α,β-unsaturated/α-hetero) is 1. The molecule has 122 valence electrons. The number of piperazine rings is 1. The van der Waals surface area contributed by atoms with Crippen LogP contribution in [0, 0.1) is 0 Å². The number of benzene rings is 1. The van der Waals surface area contributed by atoms with Crippen LogP contribution in [0.2, 0.25) is 0 Å². The van der Waals surface area contributed by atoms with Crippen LogP contribution in [-0.4, -0.2) is 54.9 Å². The summed E-state index contributed by atoms with van der Waals surface area (Å²) in [7, 11) is 0. The second kappa shape index (κ2) is 8.39. The highest BCUT2D eigenvalue weighted by molar-refractivity contribution is 7.08. The van der Waals surface area contributed by atoms with Gasteiger partial charge in [-0.25, -0.2) is 0 Å². The molecule has 0 N–H and O–H groups in total. The minimum atomic E-state index is 0.253. The van der Waals surface area contributed by atoms with E-state index in [-0.39, 0.29) is 5.78 Å². The molecule has 3 rings (SSSR count). The summed E-state index contributed by atoms with van der Waals surface area (Å²) < 4.78 is 0. The van der Waals surface area contributed by atoms with E-state index in [9.17, 15) is 4.79 Å². The average Bonchev–Trinajstić information content (AvgIpc) is 3.12. The third-order valence-electron chi connectivity index (χ3n) is 4.46. The van der Waals surface area contributed by atoms with Crippen LogP contribution in [0.15, 0.2) is 47.2 Å². The van der Waals surface area contributed by atoms with E-state index >= 15 is 0 Å². The first-order valence-electron chi connectivity index (χ1n) is 8.35. The molecular formula is C19H24N2OS. The number of carbonyl (C=O) groups is 1. The summed E-state index contributed by atoms with van der Waals surface area (Å²) in [5, 5.41) is 3.92. The van der Waals surface area contributed by atoms with Crippen LogP contribution >= 0.6 is 11.3 Å². The van der Waals surface area contributed by atoms with Crippen LogP contribution in [-0.2, 0) is 6.42 Å². The van der Waals surface area contributed by atoms with Crippen molar-refractivity contribution in [3.05, 3.63) is 58.3 Å². The number of nitrogens with zero attached hydrogens (tertiary/aromatic N) is 2. The molecule has 23 heavy (non-hydrogen) atoms. The molecule has 0 spiro atoms. The number of aryl methyl sites for hydroxylation is 1. The molecule has 0 radical (unpaired) electrons. The number of hydrogen-bond donors (Lipinski definition) is 0. The zero-order valence-electron chi connectivity index (χ0n) is 13.5. The molecule has 4 heteroatoms. The Bertz CT molecular complexity index is 589. The Kier molecular flexibility index (Phi) is 5.97. The summed E-state index contributed by atoms with van der Waals surface area (Å²) in [6.07, 6.45) is 2.36. The van der Waals surface area contributed by atoms with Gasteiger partial charge in [0.25, 0.3) is 0 Å². The largest absolute Gasteiger partial charge is 0.301 e. The molecule has 0 atom stereocenters. The molecule has 1 aromatic heterocycles. The molecule has 1 aliphatic rings. The first-order valence-corrected chi connectivity index (χ1v) is 9.29. The van der Waals surface area contributed by atoms with Crippen molar-refractivity contribution in [2.24, 2.45) is 0 Å². The Morgan fingerprint density at radius 2 is 1.74 bits per heavy atom. The molecule has 1 saturated heterocycles. The van der Waals surface area contributed by atoms with Crippen molar-refractivity contribution in [2.45, 2.75) is 12.8 Å². The maximum absolute atomic E-state index is 12.1. The molecule has 2 aromatic rings. The van der Waals surface area contributed by atoms with Gasteiger partial charge in [-0.3, -0.25) is 9.69 Å². The summed E-state index contributed by atoms with van der Waals surface area (Å²) in [5.41, 5.74) is 2.28. The summed E-state index contributed by atoms with van der Waals surface area (Å²) in [6, 6.07) is 12.6. The summed E-state index contributed by atoms with van der Waals surface area (Å²) in [4.78, 5) is 16.9. The van der Waals surface area contributed by atoms with Crippen LogP contribution in [0.4, 0.5) is 0 Å². The van der Waals surface area contributed by atoms with E-state index in [0.29, 0.717) is 6.54 Å². The van der Waals surface area contributed by atoms with E-state index in [1.165, 1.54) is 12.0 Å². The Balaban J connectivity index is 1.35. The van der Waals surface area contributed by atoms with E-state index in [4.69, 9.17) is 0 Å². The number of rotatable bonds is 7. The highest BCUT2D eigenvalue weighted by Crippen LogP contribution is 2.10. The molecule has 2 heterocycles. The smallest absolute Gasteiger partial charge is 0.177 e. The lowest BCUT2D eigenvalue weighted by molar-refractivity contribution is 0.0852. The topological polar surface area (TPSA) is 23.6 Å². The Hall–Kier alpha value is -1.49. The normalized spacial score (nSPS) is 16.5. The van der Waals surface area contributed by atoms with Crippen LogP contribution in [0.3, 0.4) is 0 Å². The predicted molar refractivity (Wildman–Crippen MR) is 96.3 cm³/mol. The van der Waals surface area contributed by atoms with Crippen molar-refractivity contribution in [1.29, 1.82) is 0 Å². The van der Waals surface area contributed by atoms with Gasteiger partial charge in [-0.2, -0.15) is 11.3 Å². The van der Waals surface area contributed by atoms with Gasteiger partial charge in [0.1, 0.15) is 0 Å². The molecular weight excluding hydrogens is 304 g/mol. The zero-order valence-corrected chi connectivity index (χ0v) is 14.3. The second-order valence-electron chi connectivity index (χ2n) is 6.14. The van der Waals surface area contributed by atoms with E-state index in [2.05, 4.69) is 40.1 Å². The summed E-state index contributed by atoms with van der Waals surface area (Å²) >= 11 is 1.59. The lowest BCUT2D eigenvalue weighted by atomic mass is 10.1. The van der Waals surface area contributed by atoms with Crippen molar-refractivity contribution < 1.29 is 4.79 Å². The lowest BCUT2D eigenvalue weighted by Gasteiger charge is -2.34. The molecule has 0 saturated carbocycles. The van der Waals surface area contributed by atoms with Gasteiger partial charge in [-0.15, -0.1) is 0 Å². The fourth-order valence-corrected chi connectivity index (χ4v) is 3.70. The maximum atomic E-state index is 12.1. The Labute approximate surface area is 142 Å². The Morgan fingerprint density at radius 1 is 1.00 bits per heavy atom. The molecule has 1 aromatic carbocycles. The van der Waals surface area contributed by atoms with E-state index < -0.39 is 0 Å². The number of thiophene rings is 1. The third kappa shape index (κ3) is 4.99. The van der Waals surface area contributed by atoms with Crippen LogP contribution < -0.4 is 0 Å². The van der Waals surface area contributed by atoms with Gasteiger partial charge in [-0.05, 0) is 36.4 Å². The first kappa shape index (κ1) is 16.4. The number of ketones is 1. The van der Waals surface area contributed by atoms with Crippen molar-refractivity contribution >= 4 is 17.1 Å². The van der Waals surface area contributed by atoms with E-state index in [1.54, 1.807) is 11.3 Å². The van der Waals surface area contributed by atoms with Gasteiger partial charge in [0.05, 0.1) is 6.54 Å². The first-order chi connectivity index (χ1) is 11.3. The van der Waals surface area contributed by atoms with Gasteiger partial charge < -0.3 is 4.90 Å². The number of hydrogen-bond acceptors (Lipinski definition) is 4. The van der Waals surface area contributed by atoms with Crippen molar-refractivity contribution in [3.8, 4) is 0 Å². The minimum absolute atomic E-state index is 0.253. The monoisotopic (exact) mass is 328 g/mol. The van der Waals surface area contributed by atoms with E-state index in [1.807, 2.05) is 16.8 Å². The van der Waals surface area contributed by atoms with E-state index in [0.717, 1.165) is 44.7 Å². The SMILES string of the molecule is O=C(CN1CCN(CCCc2ccccc2)CC1)c1ccsc1. The summed E-state index contributed by atoms with van der Waals surface area (Å²) in [6.45, 7) is 5.87. The summed E-state index contributed by atoms with van der Waals surface area (Å²) in [5.74, 6) is 0.253. The van der Waals surface area contributed by atoms with Crippen LogP contribution in [0.1, 0.15) is 22.3 Å². The van der Waals surface area contributed by atoms with Gasteiger partial charge in [-0.1, -0.05) is 30.3 Å². The van der Waals surface area contributed by atoms with Gasteiger partial charge >= 0.3 is 0 Å². The number of carbonyl (C=O) groups excluding carboxylic acids is 1. The third-order valence-corrected chi connectivity index (χ3v) is 5.14. The second-order valence-corrected chi connectivity index (χ2v) is 6.92. The predicted octanol–water partition coefficient (Wildman–Crippen LogP) is 3.18. The van der Waals surface area contributed by atoms with Gasteiger partial charge in [0.2, 0.25) is 0 Å². The van der Waals surface area contributed by atoms with Crippen LogP contribution in [0.5, 0.6) is 0 Å². The fourth-order valence-electron chi connectivity index (χ4n) is 3.04. The van der Waals surface area contributed by atoms with Gasteiger partial charge in [0, 0.05) is 37.1 Å². The Morgan fingerprint density at radius 3 is 2.43 bits per heavy atom. The highest BCUT2D eigenvalue weighted by atomic mass is 32.1.